The van der Waals surface area contributed by atoms with Crippen LogP contribution < -0.4 is 0 Å². The van der Waals surface area contributed by atoms with E-state index in [0.717, 1.165) is 0 Å². The maximum absolute atomic E-state index is 12.1. The molecule has 0 atom stereocenters. The summed E-state index contributed by atoms with van der Waals surface area (Å²) < 4.78 is 25.5. The van der Waals surface area contributed by atoms with Gasteiger partial charge in [0, 0.05) is 0 Å². The van der Waals surface area contributed by atoms with Gasteiger partial charge in [0.15, 0.2) is 5.65 Å². The standard InChI is InChI=1S/C8H6ClF2N3/c9-6-2-1-5-8(13-6)14(4-12-5)3-7(10)11/h1-2,4,7H,3H2. The van der Waals surface area contributed by atoms with Crippen molar-refractivity contribution in [2.45, 2.75) is 13.0 Å². The number of fused-ring (bicyclic) bond motifs is 1. The highest BCUT2D eigenvalue weighted by Gasteiger charge is 2.09. The van der Waals surface area contributed by atoms with Crippen molar-refractivity contribution < 1.29 is 8.78 Å². The number of nitrogens with zero attached hydrogens (tertiary/aromatic N) is 3. The van der Waals surface area contributed by atoms with Crippen molar-refractivity contribution in [2.75, 3.05) is 0 Å². The highest BCUT2D eigenvalue weighted by molar-refractivity contribution is 6.29. The predicted molar refractivity (Wildman–Crippen MR) is 48.5 cm³/mol. The maximum atomic E-state index is 12.1. The lowest BCUT2D eigenvalue weighted by atomic mass is 10.4. The third-order valence-electron chi connectivity index (χ3n) is 1.76. The van der Waals surface area contributed by atoms with E-state index in [1.165, 1.54) is 10.9 Å². The van der Waals surface area contributed by atoms with Crippen molar-refractivity contribution in [2.24, 2.45) is 0 Å². The first-order valence-corrected chi connectivity index (χ1v) is 4.30. The molecule has 0 aliphatic rings. The minimum Gasteiger partial charge on any atom is -0.309 e. The molecule has 0 aliphatic carbocycles. The van der Waals surface area contributed by atoms with Crippen molar-refractivity contribution in [3.05, 3.63) is 23.6 Å². The quantitative estimate of drug-likeness (QED) is 0.723. The second kappa shape index (κ2) is 3.49. The number of imidazole rings is 1. The molecular formula is C8H6ClF2N3. The molecule has 2 heterocycles. The van der Waals surface area contributed by atoms with E-state index in [1.54, 1.807) is 12.1 Å². The highest BCUT2D eigenvalue weighted by Crippen LogP contribution is 2.14. The van der Waals surface area contributed by atoms with Gasteiger partial charge in [-0.15, -0.1) is 0 Å². The number of hydrogen-bond acceptors (Lipinski definition) is 2. The number of alkyl halides is 2. The Kier molecular flexibility index (Phi) is 2.33. The Bertz CT molecular complexity index is 455. The van der Waals surface area contributed by atoms with Gasteiger partial charge in [-0.2, -0.15) is 0 Å². The van der Waals surface area contributed by atoms with E-state index in [2.05, 4.69) is 9.97 Å². The SMILES string of the molecule is FC(F)Cn1cnc2ccc(Cl)nc21. The van der Waals surface area contributed by atoms with Crippen LogP contribution in [0.5, 0.6) is 0 Å². The van der Waals surface area contributed by atoms with Gasteiger partial charge in [0.25, 0.3) is 6.43 Å². The van der Waals surface area contributed by atoms with Gasteiger partial charge in [0.1, 0.15) is 10.7 Å². The molecule has 0 spiro atoms. The average Bonchev–Trinajstić information content (AvgIpc) is 2.47. The van der Waals surface area contributed by atoms with Gasteiger partial charge in [0.2, 0.25) is 0 Å². The Hall–Kier alpha value is -1.23. The lowest BCUT2D eigenvalue weighted by Gasteiger charge is -2.01. The van der Waals surface area contributed by atoms with Crippen LogP contribution in [0.3, 0.4) is 0 Å². The fourth-order valence-corrected chi connectivity index (χ4v) is 1.34. The lowest BCUT2D eigenvalue weighted by molar-refractivity contribution is 0.128. The fraction of sp³-hybridized carbons (Fsp3) is 0.250. The van der Waals surface area contributed by atoms with Gasteiger partial charge in [-0.3, -0.25) is 0 Å². The molecule has 14 heavy (non-hydrogen) atoms. The molecule has 74 valence electrons. The molecule has 0 aliphatic heterocycles. The van der Waals surface area contributed by atoms with Gasteiger partial charge in [-0.05, 0) is 12.1 Å². The molecule has 0 radical (unpaired) electrons. The summed E-state index contributed by atoms with van der Waals surface area (Å²) in [6.07, 6.45) is -1.09. The van der Waals surface area contributed by atoms with Crippen LogP contribution in [-0.4, -0.2) is 21.0 Å². The van der Waals surface area contributed by atoms with Crippen LogP contribution in [0.1, 0.15) is 0 Å². The van der Waals surface area contributed by atoms with Crippen LogP contribution in [0.2, 0.25) is 5.15 Å². The maximum Gasteiger partial charge on any atom is 0.256 e. The first kappa shape index (κ1) is 9.33. The van der Waals surface area contributed by atoms with E-state index in [1.807, 2.05) is 0 Å². The number of hydrogen-bond donors (Lipinski definition) is 0. The predicted octanol–water partition coefficient (Wildman–Crippen LogP) is 2.35. The summed E-state index contributed by atoms with van der Waals surface area (Å²) in [7, 11) is 0. The first-order chi connectivity index (χ1) is 6.66. The van der Waals surface area contributed by atoms with Crippen molar-refractivity contribution in [3.8, 4) is 0 Å². The summed E-state index contributed by atoms with van der Waals surface area (Å²) in [6.45, 7) is -0.413. The van der Waals surface area contributed by atoms with Crippen molar-refractivity contribution in [1.29, 1.82) is 0 Å². The summed E-state index contributed by atoms with van der Waals surface area (Å²) in [4.78, 5) is 7.84. The van der Waals surface area contributed by atoms with Crippen LogP contribution in [0.4, 0.5) is 8.78 Å². The molecule has 0 aromatic carbocycles. The molecule has 0 unspecified atom stereocenters. The van der Waals surface area contributed by atoms with Gasteiger partial charge in [0.05, 0.1) is 12.9 Å². The third-order valence-corrected chi connectivity index (χ3v) is 1.97. The molecule has 0 saturated carbocycles. The number of pyridine rings is 1. The number of aromatic nitrogens is 3. The zero-order chi connectivity index (χ0) is 10.1. The van der Waals surface area contributed by atoms with Crippen LogP contribution >= 0.6 is 11.6 Å². The fourth-order valence-electron chi connectivity index (χ4n) is 1.20. The minimum atomic E-state index is -2.42. The summed E-state index contributed by atoms with van der Waals surface area (Å²) in [5.74, 6) is 0. The highest BCUT2D eigenvalue weighted by atomic mass is 35.5. The Morgan fingerprint density at radius 1 is 1.43 bits per heavy atom. The van der Waals surface area contributed by atoms with E-state index in [-0.39, 0.29) is 5.15 Å². The smallest absolute Gasteiger partial charge is 0.256 e. The van der Waals surface area contributed by atoms with E-state index >= 15 is 0 Å². The molecule has 6 heteroatoms. The molecular weight excluding hydrogens is 212 g/mol. The topological polar surface area (TPSA) is 30.7 Å². The first-order valence-electron chi connectivity index (χ1n) is 3.92. The van der Waals surface area contributed by atoms with E-state index in [9.17, 15) is 8.78 Å². The van der Waals surface area contributed by atoms with E-state index in [4.69, 9.17) is 11.6 Å². The molecule has 0 saturated heterocycles. The number of halogens is 3. The Balaban J connectivity index is 2.50. The van der Waals surface area contributed by atoms with E-state index < -0.39 is 13.0 Å². The summed E-state index contributed by atoms with van der Waals surface area (Å²) in [6, 6.07) is 3.22. The molecule has 3 nitrogen and oxygen atoms in total. The van der Waals surface area contributed by atoms with Crippen LogP contribution in [0.15, 0.2) is 18.5 Å². The molecule has 0 N–H and O–H groups in total. The van der Waals surface area contributed by atoms with E-state index in [0.29, 0.717) is 11.2 Å². The molecule has 0 fully saturated rings. The molecule has 2 aromatic heterocycles. The Morgan fingerprint density at radius 3 is 2.93 bits per heavy atom. The van der Waals surface area contributed by atoms with Gasteiger partial charge in [-0.1, -0.05) is 11.6 Å². The van der Waals surface area contributed by atoms with Crippen molar-refractivity contribution in [3.63, 3.8) is 0 Å². The summed E-state index contributed by atoms with van der Waals surface area (Å²) in [5, 5.41) is 0.272. The van der Waals surface area contributed by atoms with Crippen LogP contribution in [0, 0.1) is 0 Å². The molecule has 0 amide bonds. The van der Waals surface area contributed by atoms with Gasteiger partial charge in [-0.25, -0.2) is 18.7 Å². The summed E-state index contributed by atoms with van der Waals surface area (Å²) in [5.41, 5.74) is 0.952. The molecule has 0 bridgehead atoms. The van der Waals surface area contributed by atoms with Gasteiger partial charge < -0.3 is 4.57 Å². The summed E-state index contributed by atoms with van der Waals surface area (Å²) >= 11 is 5.64. The Morgan fingerprint density at radius 2 is 2.21 bits per heavy atom. The van der Waals surface area contributed by atoms with Crippen molar-refractivity contribution >= 4 is 22.8 Å². The molecule has 2 aromatic rings. The average molecular weight is 218 g/mol. The largest absolute Gasteiger partial charge is 0.309 e. The number of rotatable bonds is 2. The third kappa shape index (κ3) is 1.68. The normalized spacial score (nSPS) is 11.4. The Labute approximate surface area is 83.3 Å². The minimum absolute atomic E-state index is 0.272. The second-order valence-electron chi connectivity index (χ2n) is 2.76. The lowest BCUT2D eigenvalue weighted by Crippen LogP contribution is -2.05. The second-order valence-corrected chi connectivity index (χ2v) is 3.15. The zero-order valence-electron chi connectivity index (χ0n) is 6.99. The molecule has 2 rings (SSSR count). The zero-order valence-corrected chi connectivity index (χ0v) is 7.75. The van der Waals surface area contributed by atoms with Crippen LogP contribution in [-0.2, 0) is 6.54 Å². The van der Waals surface area contributed by atoms with Crippen molar-refractivity contribution in [1.82, 2.24) is 14.5 Å². The van der Waals surface area contributed by atoms with Crippen LogP contribution in [0.25, 0.3) is 11.2 Å². The van der Waals surface area contributed by atoms with Gasteiger partial charge >= 0.3 is 0 Å². The monoisotopic (exact) mass is 217 g/mol.